The SMILES string of the molecule is [CH2-]CC(C)=[C-][Sn]([CH2]CCC)([CH2]CCC)[CH2]CCC.[Zr+2]. The fraction of sp³-hybridized carbons (Fsp3) is 0.824. The molecule has 0 nitrogen and oxygen atoms in total. The van der Waals surface area contributed by atoms with Gasteiger partial charge in [0.05, 0.1) is 0 Å². The van der Waals surface area contributed by atoms with E-state index in [9.17, 15) is 0 Å². The van der Waals surface area contributed by atoms with Crippen LogP contribution in [0.3, 0.4) is 0 Å². The quantitative estimate of drug-likeness (QED) is 0.255. The predicted molar refractivity (Wildman–Crippen MR) is 87.3 cm³/mol. The van der Waals surface area contributed by atoms with E-state index in [2.05, 4.69) is 38.7 Å². The van der Waals surface area contributed by atoms with Crippen molar-refractivity contribution in [2.75, 3.05) is 0 Å². The van der Waals surface area contributed by atoms with Crippen LogP contribution in [-0.4, -0.2) is 18.4 Å². The molecule has 0 atom stereocenters. The standard InChI is InChI=1S/C5H7.3C4H9.Sn.Zr/c1-4-5(2)3;3*1-3-4-2;;/h1,4H2,2H3;3*1,3-4H2,2H3;;/q-2;;;;;+2. The predicted octanol–water partition coefficient (Wildman–Crippen LogP) is 6.35. The second kappa shape index (κ2) is 14.4. The van der Waals surface area contributed by atoms with Crippen LogP contribution in [0.25, 0.3) is 0 Å². The average molecular weight is 448 g/mol. The maximum absolute atomic E-state index is 4.05. The minimum Gasteiger partial charge on any atom is 2.00 e. The average Bonchev–Trinajstić information content (AvgIpc) is 2.40. The molecule has 0 rings (SSSR count). The fourth-order valence-corrected chi connectivity index (χ4v) is 17.6. The van der Waals surface area contributed by atoms with Crippen molar-refractivity contribution < 1.29 is 26.2 Å². The summed E-state index contributed by atoms with van der Waals surface area (Å²) in [6, 6.07) is 0. The van der Waals surface area contributed by atoms with Crippen LogP contribution in [0, 0.1) is 11.0 Å². The first-order valence-electron chi connectivity index (χ1n) is 8.04. The van der Waals surface area contributed by atoms with Crippen molar-refractivity contribution in [2.24, 2.45) is 0 Å². The molecule has 0 saturated heterocycles. The summed E-state index contributed by atoms with van der Waals surface area (Å²) in [5.74, 6) is 0. The molecule has 0 saturated carbocycles. The Morgan fingerprint density at radius 2 is 1.26 bits per heavy atom. The van der Waals surface area contributed by atoms with Gasteiger partial charge >= 0.3 is 147 Å². The Bertz CT molecular complexity index is 202. The molecular weight excluding hydrogens is 414 g/mol. The Labute approximate surface area is 146 Å². The second-order valence-electron chi connectivity index (χ2n) is 5.75. The van der Waals surface area contributed by atoms with Gasteiger partial charge in [0.1, 0.15) is 0 Å². The van der Waals surface area contributed by atoms with E-state index in [-0.39, 0.29) is 26.2 Å². The smallest absolute Gasteiger partial charge is 2.00 e. The summed E-state index contributed by atoms with van der Waals surface area (Å²) in [6.07, 6.45) is 9.30. The summed E-state index contributed by atoms with van der Waals surface area (Å²) in [4.78, 5) is 0. The van der Waals surface area contributed by atoms with Crippen molar-refractivity contribution in [3.63, 3.8) is 0 Å². The van der Waals surface area contributed by atoms with E-state index in [4.69, 9.17) is 0 Å². The summed E-state index contributed by atoms with van der Waals surface area (Å²) < 4.78 is 8.64. The Morgan fingerprint density at radius 3 is 1.53 bits per heavy atom. The van der Waals surface area contributed by atoms with Crippen molar-refractivity contribution >= 4 is 18.4 Å². The number of rotatable bonds is 11. The van der Waals surface area contributed by atoms with Gasteiger partial charge in [-0.2, -0.15) is 0 Å². The van der Waals surface area contributed by atoms with Crippen molar-refractivity contribution in [2.45, 2.75) is 86.0 Å². The van der Waals surface area contributed by atoms with Crippen molar-refractivity contribution in [3.05, 3.63) is 16.6 Å². The van der Waals surface area contributed by atoms with Crippen molar-refractivity contribution in [3.8, 4) is 0 Å². The second-order valence-corrected chi connectivity index (χ2v) is 18.0. The van der Waals surface area contributed by atoms with E-state index in [1.807, 2.05) is 0 Å². The molecule has 0 N–H and O–H groups in total. The van der Waals surface area contributed by atoms with Gasteiger partial charge in [-0.3, -0.25) is 0 Å². The number of unbranched alkanes of at least 4 members (excludes halogenated alkanes) is 3. The summed E-state index contributed by atoms with van der Waals surface area (Å²) in [5, 5.41) is 0. The van der Waals surface area contributed by atoms with E-state index < -0.39 is 18.4 Å². The molecule has 0 fully saturated rings. The minimum atomic E-state index is -2.10. The van der Waals surface area contributed by atoms with Crippen molar-refractivity contribution in [1.82, 2.24) is 0 Å². The number of hydrogen-bond acceptors (Lipinski definition) is 0. The van der Waals surface area contributed by atoms with Crippen LogP contribution in [0.1, 0.15) is 72.6 Å². The molecule has 0 amide bonds. The molecule has 0 aliphatic rings. The molecule has 0 aromatic heterocycles. The van der Waals surface area contributed by atoms with Gasteiger partial charge in [0.25, 0.3) is 0 Å². The van der Waals surface area contributed by atoms with Crippen LogP contribution in [0.15, 0.2) is 5.57 Å². The molecule has 0 radical (unpaired) electrons. The van der Waals surface area contributed by atoms with E-state index in [0.29, 0.717) is 0 Å². The first kappa shape index (κ1) is 22.7. The molecule has 0 bridgehead atoms. The van der Waals surface area contributed by atoms with Gasteiger partial charge in [0.2, 0.25) is 0 Å². The number of allylic oxidation sites excluding steroid dienone is 1. The first-order valence-corrected chi connectivity index (χ1v) is 15.5. The molecule has 0 unspecified atom stereocenters. The van der Waals surface area contributed by atoms with E-state index in [0.717, 1.165) is 6.42 Å². The summed E-state index contributed by atoms with van der Waals surface area (Å²) in [5.41, 5.74) is 1.45. The van der Waals surface area contributed by atoms with E-state index in [1.54, 1.807) is 0 Å². The van der Waals surface area contributed by atoms with Crippen LogP contribution in [0.2, 0.25) is 13.3 Å². The van der Waals surface area contributed by atoms with Crippen LogP contribution in [0.4, 0.5) is 0 Å². The summed E-state index contributed by atoms with van der Waals surface area (Å²) in [6.45, 7) is 13.3. The van der Waals surface area contributed by atoms with Gasteiger partial charge in [-0.1, -0.05) is 0 Å². The zero-order valence-electron chi connectivity index (χ0n) is 13.8. The number of hydrogen-bond donors (Lipinski definition) is 0. The third-order valence-corrected chi connectivity index (χ3v) is 17.8. The molecule has 0 aliphatic carbocycles. The van der Waals surface area contributed by atoms with Gasteiger partial charge in [-0.05, 0) is 0 Å². The van der Waals surface area contributed by atoms with E-state index >= 15 is 0 Å². The molecule has 0 spiro atoms. The molecular formula is C17H34SnZr. The fourth-order valence-electron chi connectivity index (χ4n) is 2.62. The Hall–Kier alpha value is 1.42. The van der Waals surface area contributed by atoms with Gasteiger partial charge in [-0.15, -0.1) is 0 Å². The van der Waals surface area contributed by atoms with Crippen LogP contribution in [-0.2, 0) is 26.2 Å². The van der Waals surface area contributed by atoms with Crippen LogP contribution >= 0.6 is 0 Å². The maximum Gasteiger partial charge on any atom is 2.00 e. The third kappa shape index (κ3) is 10.7. The minimum absolute atomic E-state index is 0. The maximum atomic E-state index is 4.05. The van der Waals surface area contributed by atoms with E-state index in [1.165, 1.54) is 57.4 Å². The third-order valence-electron chi connectivity index (χ3n) is 3.88. The Balaban J connectivity index is 0. The summed E-state index contributed by atoms with van der Waals surface area (Å²) in [7, 11) is 0. The van der Waals surface area contributed by atoms with Gasteiger partial charge in [0.15, 0.2) is 0 Å². The zero-order valence-corrected chi connectivity index (χ0v) is 19.1. The summed E-state index contributed by atoms with van der Waals surface area (Å²) >= 11 is -2.10. The molecule has 110 valence electrons. The van der Waals surface area contributed by atoms with Crippen molar-refractivity contribution in [1.29, 1.82) is 0 Å². The van der Waals surface area contributed by atoms with Gasteiger partial charge < -0.3 is 0 Å². The van der Waals surface area contributed by atoms with Gasteiger partial charge in [-0.25, -0.2) is 0 Å². The molecule has 2 heteroatoms. The normalized spacial score (nSPS) is 12.4. The molecule has 0 aromatic carbocycles. The van der Waals surface area contributed by atoms with Crippen LogP contribution in [0.5, 0.6) is 0 Å². The monoisotopic (exact) mass is 448 g/mol. The largest absolute Gasteiger partial charge is 2.00 e. The van der Waals surface area contributed by atoms with Gasteiger partial charge in [0, 0.05) is 0 Å². The first-order chi connectivity index (χ1) is 8.64. The Kier molecular flexibility index (Phi) is 17.2. The molecule has 0 aromatic rings. The molecule has 19 heavy (non-hydrogen) atoms. The Morgan fingerprint density at radius 1 is 0.895 bits per heavy atom. The molecule has 0 heterocycles. The van der Waals surface area contributed by atoms with Crippen LogP contribution < -0.4 is 0 Å². The zero-order chi connectivity index (χ0) is 13.9. The topological polar surface area (TPSA) is 0 Å². The molecule has 0 aliphatic heterocycles.